The van der Waals surface area contributed by atoms with E-state index in [9.17, 15) is 18.0 Å². The first-order chi connectivity index (χ1) is 6.81. The van der Waals surface area contributed by atoms with Crippen molar-refractivity contribution in [1.82, 2.24) is 0 Å². The summed E-state index contributed by atoms with van der Waals surface area (Å²) in [4.78, 5) is 10.7. The van der Waals surface area contributed by atoms with Crippen LogP contribution in [0.15, 0.2) is 0 Å². The summed E-state index contributed by atoms with van der Waals surface area (Å²) in [5.74, 6) is 0. The van der Waals surface area contributed by atoms with Crippen LogP contribution in [-0.4, -0.2) is 25.0 Å². The molecule has 15 heavy (non-hydrogen) atoms. The van der Waals surface area contributed by atoms with Crippen molar-refractivity contribution in [3.8, 4) is 0 Å². The molecule has 0 aliphatic carbocycles. The van der Waals surface area contributed by atoms with Gasteiger partial charge in [-0.1, -0.05) is 0 Å². The Hall–Kier alpha value is -0.940. The number of rotatable bonds is 5. The summed E-state index contributed by atoms with van der Waals surface area (Å²) in [6.45, 7) is 3.28. The summed E-state index contributed by atoms with van der Waals surface area (Å²) < 4.78 is 44.2. The first-order valence-electron chi connectivity index (χ1n) is 4.71. The van der Waals surface area contributed by atoms with Crippen LogP contribution in [0.1, 0.15) is 33.1 Å². The van der Waals surface area contributed by atoms with Gasteiger partial charge >= 0.3 is 12.3 Å². The largest absolute Gasteiger partial charge is 0.508 e. The zero-order valence-electron chi connectivity index (χ0n) is 8.76. The lowest BCUT2D eigenvalue weighted by Crippen LogP contribution is -2.14. The average molecular weight is 228 g/mol. The molecular formula is C9H15F3O3. The van der Waals surface area contributed by atoms with Crippen LogP contribution in [0.5, 0.6) is 0 Å². The highest BCUT2D eigenvalue weighted by atomic mass is 19.4. The number of hydrogen-bond donors (Lipinski definition) is 0. The van der Waals surface area contributed by atoms with Gasteiger partial charge < -0.3 is 9.47 Å². The summed E-state index contributed by atoms with van der Waals surface area (Å²) in [5.41, 5.74) is 0. The van der Waals surface area contributed by atoms with Gasteiger partial charge in [0.2, 0.25) is 0 Å². The first kappa shape index (κ1) is 14.1. The van der Waals surface area contributed by atoms with Crippen LogP contribution in [0.3, 0.4) is 0 Å². The zero-order chi connectivity index (χ0) is 11.9. The normalized spacial score (nSPS) is 11.6. The molecular weight excluding hydrogens is 213 g/mol. The molecule has 0 aromatic carbocycles. The minimum absolute atomic E-state index is 0.0400. The minimum Gasteiger partial charge on any atom is -0.434 e. The fraction of sp³-hybridized carbons (Fsp3) is 0.889. The highest BCUT2D eigenvalue weighted by Crippen LogP contribution is 2.21. The maximum Gasteiger partial charge on any atom is 0.508 e. The number of ether oxygens (including phenoxy) is 2. The fourth-order valence-electron chi connectivity index (χ4n) is 0.809. The molecule has 0 bridgehead atoms. The molecule has 0 aromatic rings. The van der Waals surface area contributed by atoms with Crippen molar-refractivity contribution in [3.05, 3.63) is 0 Å². The lowest BCUT2D eigenvalue weighted by Gasteiger charge is -2.09. The van der Waals surface area contributed by atoms with Crippen molar-refractivity contribution in [3.63, 3.8) is 0 Å². The maximum absolute atomic E-state index is 11.7. The summed E-state index contributed by atoms with van der Waals surface area (Å²) in [6, 6.07) is 0. The molecule has 0 saturated heterocycles. The molecule has 0 fully saturated rings. The summed E-state index contributed by atoms with van der Waals surface area (Å²) in [7, 11) is 0. The van der Waals surface area contributed by atoms with Crippen LogP contribution in [0.4, 0.5) is 18.0 Å². The highest BCUT2D eigenvalue weighted by Gasteiger charge is 2.25. The number of halogens is 3. The summed E-state index contributed by atoms with van der Waals surface area (Å²) >= 11 is 0. The second-order valence-corrected chi connectivity index (χ2v) is 3.34. The van der Waals surface area contributed by atoms with Crippen molar-refractivity contribution in [1.29, 1.82) is 0 Å². The Bertz CT molecular complexity index is 190. The van der Waals surface area contributed by atoms with E-state index in [-0.39, 0.29) is 25.6 Å². The van der Waals surface area contributed by atoms with Crippen molar-refractivity contribution >= 4 is 6.16 Å². The van der Waals surface area contributed by atoms with Gasteiger partial charge in [0, 0.05) is 6.42 Å². The third kappa shape index (κ3) is 11.0. The van der Waals surface area contributed by atoms with E-state index in [4.69, 9.17) is 0 Å². The smallest absolute Gasteiger partial charge is 0.434 e. The van der Waals surface area contributed by atoms with E-state index in [0.717, 1.165) is 0 Å². The van der Waals surface area contributed by atoms with E-state index in [2.05, 4.69) is 9.47 Å². The van der Waals surface area contributed by atoms with E-state index in [0.29, 0.717) is 0 Å². The number of hydrogen-bond acceptors (Lipinski definition) is 3. The predicted octanol–water partition coefficient (Wildman–Crippen LogP) is 3.28. The molecule has 0 aromatic heterocycles. The molecule has 0 saturated carbocycles. The van der Waals surface area contributed by atoms with Crippen molar-refractivity contribution < 1.29 is 27.4 Å². The van der Waals surface area contributed by atoms with Gasteiger partial charge in [-0.25, -0.2) is 4.79 Å². The molecule has 0 spiro atoms. The van der Waals surface area contributed by atoms with Gasteiger partial charge in [0.25, 0.3) is 0 Å². The van der Waals surface area contributed by atoms with Crippen molar-refractivity contribution in [2.75, 3.05) is 6.61 Å². The molecule has 0 heterocycles. The van der Waals surface area contributed by atoms with Crippen LogP contribution in [0, 0.1) is 0 Å². The molecule has 0 N–H and O–H groups in total. The van der Waals surface area contributed by atoms with Gasteiger partial charge in [0.05, 0.1) is 12.7 Å². The average Bonchev–Trinajstić information content (AvgIpc) is 1.99. The minimum atomic E-state index is -4.14. The van der Waals surface area contributed by atoms with Crippen LogP contribution in [0.25, 0.3) is 0 Å². The van der Waals surface area contributed by atoms with E-state index < -0.39 is 18.8 Å². The van der Waals surface area contributed by atoms with Crippen molar-refractivity contribution in [2.45, 2.75) is 45.4 Å². The standard InChI is InChI=1S/C9H15F3O3/c1-7(2)15-8(13)14-6-4-3-5-9(10,11)12/h7H,3-6H2,1-2H3. The SMILES string of the molecule is CC(C)OC(=O)OCCCCC(F)(F)F. The Kier molecular flexibility index (Phi) is 6.12. The van der Waals surface area contributed by atoms with E-state index in [1.807, 2.05) is 0 Å². The number of carbonyl (C=O) groups excluding carboxylic acids is 1. The van der Waals surface area contributed by atoms with Crippen LogP contribution < -0.4 is 0 Å². The monoisotopic (exact) mass is 228 g/mol. The number of alkyl halides is 3. The lowest BCUT2D eigenvalue weighted by atomic mass is 10.2. The number of unbranched alkanes of at least 4 members (excludes halogenated alkanes) is 1. The number of carbonyl (C=O) groups is 1. The molecule has 0 radical (unpaired) electrons. The Labute approximate surface area is 86.5 Å². The first-order valence-corrected chi connectivity index (χ1v) is 4.71. The maximum atomic E-state index is 11.7. The van der Waals surface area contributed by atoms with Crippen molar-refractivity contribution in [2.24, 2.45) is 0 Å². The summed E-state index contributed by atoms with van der Waals surface area (Å²) in [5, 5.41) is 0. The van der Waals surface area contributed by atoms with Gasteiger partial charge in [-0.3, -0.25) is 0 Å². The quantitative estimate of drug-likeness (QED) is 0.535. The Morgan fingerprint density at radius 3 is 2.33 bits per heavy atom. The van der Waals surface area contributed by atoms with E-state index in [1.54, 1.807) is 13.8 Å². The second-order valence-electron chi connectivity index (χ2n) is 3.34. The van der Waals surface area contributed by atoms with E-state index >= 15 is 0 Å². The molecule has 0 aliphatic heterocycles. The second kappa shape index (κ2) is 6.53. The molecule has 0 amide bonds. The van der Waals surface area contributed by atoms with E-state index in [1.165, 1.54) is 0 Å². The highest BCUT2D eigenvalue weighted by molar-refractivity contribution is 5.59. The van der Waals surface area contributed by atoms with Crippen LogP contribution >= 0.6 is 0 Å². The van der Waals surface area contributed by atoms with Gasteiger partial charge in [-0.05, 0) is 26.7 Å². The van der Waals surface area contributed by atoms with Gasteiger partial charge in [0.1, 0.15) is 0 Å². The molecule has 0 unspecified atom stereocenters. The molecule has 0 rings (SSSR count). The van der Waals surface area contributed by atoms with Gasteiger partial charge in [0.15, 0.2) is 0 Å². The lowest BCUT2D eigenvalue weighted by molar-refractivity contribution is -0.135. The summed E-state index contributed by atoms with van der Waals surface area (Å²) in [6.07, 6.45) is -5.97. The van der Waals surface area contributed by atoms with Gasteiger partial charge in [-0.2, -0.15) is 13.2 Å². The zero-order valence-corrected chi connectivity index (χ0v) is 8.76. The molecule has 6 heteroatoms. The molecule has 3 nitrogen and oxygen atoms in total. The Morgan fingerprint density at radius 2 is 1.87 bits per heavy atom. The Balaban J connectivity index is 3.35. The molecule has 90 valence electrons. The third-order valence-corrected chi connectivity index (χ3v) is 1.41. The molecule has 0 aliphatic rings. The predicted molar refractivity (Wildman–Crippen MR) is 47.5 cm³/mol. The topological polar surface area (TPSA) is 35.5 Å². The molecule has 0 atom stereocenters. The van der Waals surface area contributed by atoms with Crippen LogP contribution in [0.2, 0.25) is 0 Å². The van der Waals surface area contributed by atoms with Crippen LogP contribution in [-0.2, 0) is 9.47 Å². The third-order valence-electron chi connectivity index (χ3n) is 1.41. The Morgan fingerprint density at radius 1 is 1.27 bits per heavy atom. The fourth-order valence-corrected chi connectivity index (χ4v) is 0.809. The van der Waals surface area contributed by atoms with Gasteiger partial charge in [-0.15, -0.1) is 0 Å².